The van der Waals surface area contributed by atoms with Crippen molar-refractivity contribution in [2.75, 3.05) is 7.11 Å². The van der Waals surface area contributed by atoms with Crippen LogP contribution in [0, 0.1) is 16.7 Å². The lowest BCUT2D eigenvalue weighted by atomic mass is 9.55. The molecular formula is C21H24O5. The number of methoxy groups -OCH3 is 1. The van der Waals surface area contributed by atoms with Crippen LogP contribution in [-0.2, 0) is 14.3 Å². The quantitative estimate of drug-likeness (QED) is 0.604. The van der Waals surface area contributed by atoms with Crippen molar-refractivity contribution < 1.29 is 23.5 Å². The maximum Gasteiger partial charge on any atom is 0.316 e. The summed E-state index contributed by atoms with van der Waals surface area (Å²) in [4.78, 5) is 37.7. The first kappa shape index (κ1) is 18.4. The van der Waals surface area contributed by atoms with Gasteiger partial charge in [-0.25, -0.2) is 0 Å². The number of allylic oxidation sites excluding steroid dienone is 3. The van der Waals surface area contributed by atoms with Crippen LogP contribution in [0.5, 0.6) is 0 Å². The second kappa shape index (κ2) is 6.38. The molecule has 3 atom stereocenters. The van der Waals surface area contributed by atoms with E-state index in [1.54, 1.807) is 19.1 Å². The van der Waals surface area contributed by atoms with Gasteiger partial charge in [0.2, 0.25) is 0 Å². The molecule has 1 heterocycles. The minimum atomic E-state index is -1.00. The smallest absolute Gasteiger partial charge is 0.316 e. The van der Waals surface area contributed by atoms with E-state index in [9.17, 15) is 14.4 Å². The molecule has 5 heteroatoms. The zero-order valence-electron chi connectivity index (χ0n) is 15.6. The molecule has 0 saturated heterocycles. The maximum absolute atomic E-state index is 12.7. The van der Waals surface area contributed by atoms with Gasteiger partial charge in [0.1, 0.15) is 6.26 Å². The van der Waals surface area contributed by atoms with E-state index in [4.69, 9.17) is 9.15 Å². The van der Waals surface area contributed by atoms with Crippen LogP contribution in [0.2, 0.25) is 0 Å². The molecule has 0 aromatic carbocycles. The summed E-state index contributed by atoms with van der Waals surface area (Å²) in [5, 5.41) is 0. The van der Waals surface area contributed by atoms with Crippen molar-refractivity contribution in [1.82, 2.24) is 0 Å². The summed E-state index contributed by atoms with van der Waals surface area (Å²) in [6, 6.07) is 1.65. The number of esters is 1. The summed E-state index contributed by atoms with van der Waals surface area (Å²) >= 11 is 0. The number of hydrogen-bond donors (Lipinski definition) is 0. The number of carbonyl (C=O) groups is 3. The van der Waals surface area contributed by atoms with Crippen LogP contribution in [0.25, 0.3) is 0 Å². The van der Waals surface area contributed by atoms with E-state index in [1.807, 2.05) is 13.0 Å². The fourth-order valence-corrected chi connectivity index (χ4v) is 4.19. The molecule has 1 aromatic heterocycles. The predicted octanol–water partition coefficient (Wildman–Crippen LogP) is 3.90. The van der Waals surface area contributed by atoms with Crippen molar-refractivity contribution in [1.29, 1.82) is 0 Å². The number of furan rings is 1. The van der Waals surface area contributed by atoms with Gasteiger partial charge in [0.25, 0.3) is 0 Å². The van der Waals surface area contributed by atoms with Crippen LogP contribution >= 0.6 is 0 Å². The Kier molecular flexibility index (Phi) is 4.51. The molecular weight excluding hydrogens is 332 g/mol. The summed E-state index contributed by atoms with van der Waals surface area (Å²) < 4.78 is 10.0. The van der Waals surface area contributed by atoms with E-state index in [1.165, 1.54) is 19.6 Å². The summed E-state index contributed by atoms with van der Waals surface area (Å²) in [5.74, 6) is -0.406. The predicted molar refractivity (Wildman–Crippen MR) is 95.5 cm³/mol. The third-order valence-corrected chi connectivity index (χ3v) is 6.10. The molecule has 5 nitrogen and oxygen atoms in total. The second-order valence-electron chi connectivity index (χ2n) is 7.81. The third kappa shape index (κ3) is 2.75. The fraction of sp³-hybridized carbons (Fsp3) is 0.476. The fourth-order valence-electron chi connectivity index (χ4n) is 4.19. The van der Waals surface area contributed by atoms with Crippen molar-refractivity contribution in [3.05, 3.63) is 47.5 Å². The Balaban J connectivity index is 2.05. The Morgan fingerprint density at radius 3 is 2.65 bits per heavy atom. The first-order valence-electron chi connectivity index (χ1n) is 8.82. The van der Waals surface area contributed by atoms with Gasteiger partial charge in [0.05, 0.1) is 24.4 Å². The standard InChI is InChI=1S/C21H24O5/c1-13-5-6-16-17(9-15(22)10-21(16,3)19(24)25-4)20(13,2)11-18(23)14-7-8-26-12-14/h6-9,12-13H,5,10-11H2,1-4H3. The highest BCUT2D eigenvalue weighted by molar-refractivity contribution is 6.01. The molecule has 3 unspecified atom stereocenters. The van der Waals surface area contributed by atoms with Crippen molar-refractivity contribution in [2.45, 2.75) is 40.0 Å². The lowest BCUT2D eigenvalue weighted by molar-refractivity contribution is -0.151. The zero-order valence-corrected chi connectivity index (χ0v) is 15.6. The number of rotatable bonds is 4. The lowest BCUT2D eigenvalue weighted by Crippen LogP contribution is -2.44. The van der Waals surface area contributed by atoms with Gasteiger partial charge >= 0.3 is 5.97 Å². The van der Waals surface area contributed by atoms with Crippen LogP contribution in [-0.4, -0.2) is 24.6 Å². The Morgan fingerprint density at radius 2 is 2.04 bits per heavy atom. The Bertz CT molecular complexity index is 813. The Morgan fingerprint density at radius 1 is 1.31 bits per heavy atom. The van der Waals surface area contributed by atoms with Crippen LogP contribution in [0.4, 0.5) is 0 Å². The van der Waals surface area contributed by atoms with Crippen LogP contribution in [0.3, 0.4) is 0 Å². The normalized spacial score (nSPS) is 30.9. The minimum absolute atomic E-state index is 0.0342. The molecule has 3 rings (SSSR count). The molecule has 0 N–H and O–H groups in total. The van der Waals surface area contributed by atoms with Gasteiger partial charge in [0, 0.05) is 18.3 Å². The van der Waals surface area contributed by atoms with Gasteiger partial charge < -0.3 is 9.15 Å². The number of carbonyl (C=O) groups excluding carboxylic acids is 3. The first-order chi connectivity index (χ1) is 12.2. The van der Waals surface area contributed by atoms with E-state index in [0.29, 0.717) is 5.56 Å². The molecule has 2 aliphatic rings. The number of ether oxygens (including phenoxy) is 1. The first-order valence-corrected chi connectivity index (χ1v) is 8.82. The number of hydrogen-bond acceptors (Lipinski definition) is 5. The van der Waals surface area contributed by atoms with Crippen molar-refractivity contribution >= 4 is 17.5 Å². The number of Topliss-reactive ketones (excluding diaryl/α,β-unsaturated/α-hetero) is 1. The van der Waals surface area contributed by atoms with Gasteiger partial charge in [-0.3, -0.25) is 14.4 Å². The Labute approximate surface area is 153 Å². The molecule has 138 valence electrons. The van der Waals surface area contributed by atoms with E-state index in [-0.39, 0.29) is 30.3 Å². The van der Waals surface area contributed by atoms with Gasteiger partial charge in [-0.2, -0.15) is 0 Å². The van der Waals surface area contributed by atoms with Gasteiger partial charge in [-0.15, -0.1) is 0 Å². The average molecular weight is 356 g/mol. The largest absolute Gasteiger partial charge is 0.472 e. The number of fused-ring (bicyclic) bond motifs is 1. The van der Waals surface area contributed by atoms with Crippen LogP contribution in [0.15, 0.2) is 46.3 Å². The highest BCUT2D eigenvalue weighted by Gasteiger charge is 2.51. The molecule has 0 spiro atoms. The summed E-state index contributed by atoms with van der Waals surface area (Å²) in [6.45, 7) is 5.83. The number of ketones is 2. The highest BCUT2D eigenvalue weighted by Crippen LogP contribution is 2.55. The topological polar surface area (TPSA) is 73.6 Å². The minimum Gasteiger partial charge on any atom is -0.472 e. The van der Waals surface area contributed by atoms with Crippen molar-refractivity contribution in [3.63, 3.8) is 0 Å². The Hall–Kier alpha value is -2.43. The molecule has 0 amide bonds. The van der Waals surface area contributed by atoms with Crippen LogP contribution < -0.4 is 0 Å². The van der Waals surface area contributed by atoms with Gasteiger partial charge in [-0.1, -0.05) is 19.9 Å². The van der Waals surface area contributed by atoms with Crippen LogP contribution in [0.1, 0.15) is 50.4 Å². The van der Waals surface area contributed by atoms with E-state index in [2.05, 4.69) is 6.92 Å². The van der Waals surface area contributed by atoms with Crippen molar-refractivity contribution in [3.8, 4) is 0 Å². The molecule has 0 radical (unpaired) electrons. The van der Waals surface area contributed by atoms with Gasteiger partial charge in [-0.05, 0) is 42.6 Å². The SMILES string of the molecule is COC(=O)C1(C)CC(=O)C=C2C1=CCC(C)C2(C)CC(=O)c1ccoc1. The second-order valence-corrected chi connectivity index (χ2v) is 7.81. The van der Waals surface area contributed by atoms with Crippen molar-refractivity contribution in [2.24, 2.45) is 16.7 Å². The lowest BCUT2D eigenvalue weighted by Gasteiger charge is -2.47. The highest BCUT2D eigenvalue weighted by atomic mass is 16.5. The molecule has 0 fully saturated rings. The zero-order chi connectivity index (χ0) is 19.1. The van der Waals surface area contributed by atoms with E-state index < -0.39 is 16.8 Å². The molecule has 0 saturated carbocycles. The maximum atomic E-state index is 12.7. The molecule has 1 aromatic rings. The molecule has 26 heavy (non-hydrogen) atoms. The van der Waals surface area contributed by atoms with E-state index >= 15 is 0 Å². The molecule has 0 aliphatic heterocycles. The summed E-state index contributed by atoms with van der Waals surface area (Å²) in [5.41, 5.74) is 0.592. The average Bonchev–Trinajstić information content (AvgIpc) is 3.12. The summed E-state index contributed by atoms with van der Waals surface area (Å²) in [6.07, 6.45) is 7.65. The molecule has 0 bridgehead atoms. The van der Waals surface area contributed by atoms with E-state index in [0.717, 1.165) is 17.6 Å². The summed E-state index contributed by atoms with van der Waals surface area (Å²) in [7, 11) is 1.34. The molecule has 2 aliphatic carbocycles. The third-order valence-electron chi connectivity index (χ3n) is 6.10. The van der Waals surface area contributed by atoms with Gasteiger partial charge in [0.15, 0.2) is 11.6 Å². The monoisotopic (exact) mass is 356 g/mol.